The third-order valence-electron chi connectivity index (χ3n) is 5.79. The molecule has 0 radical (unpaired) electrons. The predicted octanol–water partition coefficient (Wildman–Crippen LogP) is 3.85. The molecule has 0 saturated carbocycles. The van der Waals surface area contributed by atoms with Crippen LogP contribution in [-0.4, -0.2) is 46.0 Å². The number of methoxy groups -OCH3 is 3. The zero-order chi connectivity index (χ0) is 24.4. The Labute approximate surface area is 197 Å². The van der Waals surface area contributed by atoms with Crippen LogP contribution in [0.5, 0.6) is 17.2 Å². The van der Waals surface area contributed by atoms with Crippen LogP contribution < -0.4 is 24.0 Å². The van der Waals surface area contributed by atoms with Crippen LogP contribution in [0.2, 0.25) is 0 Å². The van der Waals surface area contributed by atoms with Crippen molar-refractivity contribution in [2.75, 3.05) is 38.2 Å². The summed E-state index contributed by atoms with van der Waals surface area (Å²) in [5.41, 5.74) is 1.55. The van der Waals surface area contributed by atoms with E-state index in [2.05, 4.69) is 0 Å². The molecule has 4 rings (SSSR count). The Bertz CT molecular complexity index is 1240. The number of carbonyl (C=O) groups excluding carboxylic acids is 3. The minimum Gasteiger partial charge on any atom is -0.497 e. The molecule has 8 nitrogen and oxygen atoms in total. The average Bonchev–Trinajstić information content (AvgIpc) is 2.88. The third kappa shape index (κ3) is 3.83. The standard InChI is InChI=1S/C26H24N2O6/c1-27(16-8-6-5-7-9-16)25(30)23-24(29)19-14-21(33-3)22(34-4)15-20(19)28(26(23)31)17-10-12-18(32-2)13-11-17/h5-15,23H,1-4H3. The monoisotopic (exact) mass is 460 g/mol. The number of benzene rings is 3. The lowest BCUT2D eigenvalue weighted by atomic mass is 9.88. The van der Waals surface area contributed by atoms with Gasteiger partial charge in [0.25, 0.3) is 5.91 Å². The zero-order valence-corrected chi connectivity index (χ0v) is 19.3. The summed E-state index contributed by atoms with van der Waals surface area (Å²) in [6.45, 7) is 0. The Balaban J connectivity index is 1.87. The molecular weight excluding hydrogens is 436 g/mol. The molecule has 3 aromatic rings. The average molecular weight is 460 g/mol. The first-order chi connectivity index (χ1) is 16.4. The van der Waals surface area contributed by atoms with E-state index in [1.807, 2.05) is 6.07 Å². The number of ether oxygens (including phenoxy) is 3. The number of ketones is 1. The molecule has 1 aliphatic rings. The van der Waals surface area contributed by atoms with Crippen molar-refractivity contribution in [3.05, 3.63) is 72.3 Å². The van der Waals surface area contributed by atoms with Crippen LogP contribution in [0.3, 0.4) is 0 Å². The number of fused-ring (bicyclic) bond motifs is 1. The van der Waals surface area contributed by atoms with Crippen LogP contribution in [0.1, 0.15) is 10.4 Å². The molecule has 1 unspecified atom stereocenters. The first kappa shape index (κ1) is 22.8. The molecule has 0 fully saturated rings. The normalized spacial score (nSPS) is 14.9. The molecule has 8 heteroatoms. The SMILES string of the molecule is COc1ccc(N2C(=O)C(C(=O)N(C)c3ccccc3)C(=O)c3cc(OC)c(OC)cc32)cc1. The van der Waals surface area contributed by atoms with Crippen molar-refractivity contribution in [1.29, 1.82) is 0 Å². The predicted molar refractivity (Wildman–Crippen MR) is 127 cm³/mol. The van der Waals surface area contributed by atoms with Crippen LogP contribution in [0.15, 0.2) is 66.7 Å². The smallest absolute Gasteiger partial charge is 0.252 e. The zero-order valence-electron chi connectivity index (χ0n) is 19.3. The molecule has 0 bridgehead atoms. The fourth-order valence-corrected chi connectivity index (χ4v) is 3.95. The molecule has 1 atom stereocenters. The second-order valence-corrected chi connectivity index (χ2v) is 7.63. The van der Waals surface area contributed by atoms with E-state index in [1.165, 1.54) is 30.1 Å². The molecule has 3 aromatic carbocycles. The van der Waals surface area contributed by atoms with Crippen LogP contribution in [0, 0.1) is 5.92 Å². The second-order valence-electron chi connectivity index (χ2n) is 7.63. The van der Waals surface area contributed by atoms with Gasteiger partial charge in [-0.05, 0) is 42.5 Å². The lowest BCUT2D eigenvalue weighted by Gasteiger charge is -2.34. The highest BCUT2D eigenvalue weighted by molar-refractivity contribution is 6.34. The van der Waals surface area contributed by atoms with Gasteiger partial charge in [-0.15, -0.1) is 0 Å². The molecular formula is C26H24N2O6. The van der Waals surface area contributed by atoms with Crippen LogP contribution in [-0.2, 0) is 9.59 Å². The number of Topliss-reactive ketones (excluding diaryl/α,β-unsaturated/α-hetero) is 1. The minimum absolute atomic E-state index is 0.188. The van der Waals surface area contributed by atoms with Gasteiger partial charge >= 0.3 is 0 Å². The van der Waals surface area contributed by atoms with Gasteiger partial charge in [-0.1, -0.05) is 18.2 Å². The van der Waals surface area contributed by atoms with E-state index in [0.717, 1.165) is 0 Å². The molecule has 2 amide bonds. The summed E-state index contributed by atoms with van der Waals surface area (Å²) in [5, 5.41) is 0. The highest BCUT2D eigenvalue weighted by Gasteiger charge is 2.46. The summed E-state index contributed by atoms with van der Waals surface area (Å²) < 4.78 is 16.0. The van der Waals surface area contributed by atoms with E-state index in [-0.39, 0.29) is 5.56 Å². The summed E-state index contributed by atoms with van der Waals surface area (Å²) >= 11 is 0. The molecule has 1 aliphatic heterocycles. The van der Waals surface area contributed by atoms with Crippen molar-refractivity contribution in [1.82, 2.24) is 0 Å². The first-order valence-corrected chi connectivity index (χ1v) is 10.5. The number of hydrogen-bond donors (Lipinski definition) is 0. The van der Waals surface area contributed by atoms with Crippen molar-refractivity contribution in [3.63, 3.8) is 0 Å². The Hall–Kier alpha value is -4.33. The van der Waals surface area contributed by atoms with E-state index in [4.69, 9.17) is 14.2 Å². The van der Waals surface area contributed by atoms with Crippen molar-refractivity contribution in [2.45, 2.75) is 0 Å². The Morgan fingerprint density at radius 2 is 1.47 bits per heavy atom. The maximum atomic E-state index is 13.7. The molecule has 174 valence electrons. The summed E-state index contributed by atoms with van der Waals surface area (Å²) in [4.78, 5) is 43.4. The third-order valence-corrected chi connectivity index (χ3v) is 5.79. The van der Waals surface area contributed by atoms with E-state index in [1.54, 1.807) is 68.8 Å². The van der Waals surface area contributed by atoms with Gasteiger partial charge in [0.05, 0.1) is 27.0 Å². The van der Waals surface area contributed by atoms with Gasteiger partial charge in [-0.25, -0.2) is 0 Å². The van der Waals surface area contributed by atoms with Gasteiger partial charge in [0, 0.05) is 30.1 Å². The van der Waals surface area contributed by atoms with Crippen LogP contribution >= 0.6 is 0 Å². The number of para-hydroxylation sites is 1. The highest BCUT2D eigenvalue weighted by Crippen LogP contribution is 2.43. The Kier molecular flexibility index (Phi) is 6.23. The molecule has 0 N–H and O–H groups in total. The van der Waals surface area contributed by atoms with E-state index in [9.17, 15) is 14.4 Å². The second kappa shape index (κ2) is 9.27. The number of anilines is 3. The molecule has 0 aromatic heterocycles. The summed E-state index contributed by atoms with van der Waals surface area (Å²) in [7, 11) is 6.01. The molecule has 1 heterocycles. The summed E-state index contributed by atoms with van der Waals surface area (Å²) in [6.07, 6.45) is 0. The van der Waals surface area contributed by atoms with Crippen molar-refractivity contribution < 1.29 is 28.6 Å². The largest absolute Gasteiger partial charge is 0.497 e. The van der Waals surface area contributed by atoms with Crippen molar-refractivity contribution >= 4 is 34.7 Å². The number of nitrogens with zero attached hydrogens (tertiary/aromatic N) is 2. The number of rotatable bonds is 6. The number of amides is 2. The van der Waals surface area contributed by atoms with E-state index >= 15 is 0 Å². The lowest BCUT2D eigenvalue weighted by molar-refractivity contribution is -0.129. The van der Waals surface area contributed by atoms with Crippen LogP contribution in [0.4, 0.5) is 17.1 Å². The van der Waals surface area contributed by atoms with Gasteiger partial charge < -0.3 is 19.1 Å². The van der Waals surface area contributed by atoms with Gasteiger partial charge in [-0.3, -0.25) is 19.3 Å². The highest BCUT2D eigenvalue weighted by atomic mass is 16.5. The van der Waals surface area contributed by atoms with E-state index in [0.29, 0.717) is 34.3 Å². The number of hydrogen-bond acceptors (Lipinski definition) is 6. The van der Waals surface area contributed by atoms with Crippen LogP contribution in [0.25, 0.3) is 0 Å². The van der Waals surface area contributed by atoms with Crippen molar-refractivity contribution in [2.24, 2.45) is 5.92 Å². The molecule has 34 heavy (non-hydrogen) atoms. The minimum atomic E-state index is -1.56. The molecule has 0 aliphatic carbocycles. The Morgan fingerprint density at radius 1 is 0.853 bits per heavy atom. The van der Waals surface area contributed by atoms with Gasteiger partial charge in [0.15, 0.2) is 23.2 Å². The maximum Gasteiger partial charge on any atom is 0.252 e. The maximum absolute atomic E-state index is 13.7. The number of carbonyl (C=O) groups is 3. The fourth-order valence-electron chi connectivity index (χ4n) is 3.95. The lowest BCUT2D eigenvalue weighted by Crippen LogP contribution is -2.50. The van der Waals surface area contributed by atoms with E-state index < -0.39 is 23.5 Å². The van der Waals surface area contributed by atoms with Gasteiger partial charge in [0.2, 0.25) is 5.91 Å². The summed E-state index contributed by atoms with van der Waals surface area (Å²) in [5.74, 6) is -2.15. The summed E-state index contributed by atoms with van der Waals surface area (Å²) in [6, 6.07) is 18.7. The van der Waals surface area contributed by atoms with Gasteiger partial charge in [-0.2, -0.15) is 0 Å². The molecule has 0 saturated heterocycles. The first-order valence-electron chi connectivity index (χ1n) is 10.5. The Morgan fingerprint density at radius 3 is 2.06 bits per heavy atom. The molecule has 0 spiro atoms. The van der Waals surface area contributed by atoms with Gasteiger partial charge in [0.1, 0.15) is 5.75 Å². The quantitative estimate of drug-likeness (QED) is 0.520. The topological polar surface area (TPSA) is 85.4 Å². The fraction of sp³-hybridized carbons (Fsp3) is 0.192. The van der Waals surface area contributed by atoms with Crippen molar-refractivity contribution in [3.8, 4) is 17.2 Å².